The molecule has 0 aromatic rings. The van der Waals surface area contributed by atoms with Crippen LogP contribution in [0, 0.1) is 0 Å². The second-order valence-corrected chi connectivity index (χ2v) is 4.05. The molecule has 0 saturated heterocycles. The molecule has 0 heterocycles. The van der Waals surface area contributed by atoms with E-state index in [1.807, 2.05) is 10.7 Å². The van der Waals surface area contributed by atoms with Gasteiger partial charge in [0.1, 0.15) is 0 Å². The molecule has 0 fully saturated rings. The zero-order chi connectivity index (χ0) is 9.78. The number of unbranched alkanes of at least 4 members (excludes halogenated alkanes) is 8. The van der Waals surface area contributed by atoms with Gasteiger partial charge in [-0.3, -0.25) is 0 Å². The minimum atomic E-state index is 1.11. The molecule has 0 bridgehead atoms. The van der Waals surface area contributed by atoms with Crippen LogP contribution in [0.15, 0.2) is 0 Å². The van der Waals surface area contributed by atoms with E-state index in [0.29, 0.717) is 0 Å². The number of thiocarbonyl (C=S) groups is 2. The van der Waals surface area contributed by atoms with Crippen molar-refractivity contribution in [3.8, 4) is 0 Å². The Morgan fingerprint density at radius 3 is 1.15 bits per heavy atom. The van der Waals surface area contributed by atoms with Crippen molar-refractivity contribution in [2.24, 2.45) is 0 Å². The van der Waals surface area contributed by atoms with Crippen LogP contribution >= 0.6 is 24.4 Å². The average Bonchev–Trinajstić information content (AvgIpc) is 2.16. The van der Waals surface area contributed by atoms with Gasteiger partial charge >= 0.3 is 0 Å². The van der Waals surface area contributed by atoms with Gasteiger partial charge in [-0.05, 0) is 36.4 Å². The predicted octanol–water partition coefficient (Wildman–Crippen LogP) is 4.50. The molecule has 0 aromatic carbocycles. The molecule has 0 aliphatic carbocycles. The normalized spacial score (nSPS) is 9.85. The summed E-state index contributed by atoms with van der Waals surface area (Å²) >= 11 is 9.52. The largest absolute Gasteiger partial charge is 0.0935 e. The van der Waals surface area contributed by atoms with Crippen LogP contribution in [0.25, 0.3) is 0 Å². The second kappa shape index (κ2) is 12.2. The molecule has 0 N–H and O–H groups in total. The highest BCUT2D eigenvalue weighted by Crippen LogP contribution is 2.08. The van der Waals surface area contributed by atoms with Crippen molar-refractivity contribution in [2.75, 3.05) is 0 Å². The summed E-state index contributed by atoms with van der Waals surface area (Å²) in [6.45, 7) is 0. The maximum atomic E-state index is 4.76. The first-order valence-electron chi connectivity index (χ1n) is 5.29. The first-order valence-corrected chi connectivity index (χ1v) is 6.23. The number of hydrogen-bond donors (Lipinski definition) is 0. The first-order chi connectivity index (χ1) is 6.41. The highest BCUT2D eigenvalue weighted by atomic mass is 32.1. The molecule has 0 nitrogen and oxygen atoms in total. The smallest absolute Gasteiger partial charge is 0.0210 e. The lowest BCUT2D eigenvalue weighted by Crippen LogP contribution is -1.81. The molecule has 76 valence electrons. The fourth-order valence-corrected chi connectivity index (χ4v) is 1.67. The molecule has 0 unspecified atom stereocenters. The molecule has 2 heteroatoms. The SMILES string of the molecule is S=CCCCCCCCCCC=S. The predicted molar refractivity (Wildman–Crippen MR) is 68.9 cm³/mol. The van der Waals surface area contributed by atoms with E-state index in [4.69, 9.17) is 24.4 Å². The quantitative estimate of drug-likeness (QED) is 0.389. The monoisotopic (exact) mass is 216 g/mol. The zero-order valence-electron chi connectivity index (χ0n) is 8.34. The lowest BCUT2D eigenvalue weighted by molar-refractivity contribution is 0.591. The van der Waals surface area contributed by atoms with Gasteiger partial charge in [0.2, 0.25) is 0 Å². The number of rotatable bonds is 10. The van der Waals surface area contributed by atoms with Crippen LogP contribution in [-0.4, -0.2) is 10.7 Å². The molecule has 0 aliphatic heterocycles. The van der Waals surface area contributed by atoms with Crippen molar-refractivity contribution in [2.45, 2.75) is 57.8 Å². The van der Waals surface area contributed by atoms with E-state index in [9.17, 15) is 0 Å². The summed E-state index contributed by atoms with van der Waals surface area (Å²) in [5, 5.41) is 3.69. The van der Waals surface area contributed by atoms with Crippen LogP contribution in [0.4, 0.5) is 0 Å². The molecule has 0 aliphatic rings. The third-order valence-electron chi connectivity index (χ3n) is 2.14. The van der Waals surface area contributed by atoms with Gasteiger partial charge in [0, 0.05) is 0 Å². The van der Waals surface area contributed by atoms with Gasteiger partial charge in [-0.15, -0.1) is 0 Å². The van der Waals surface area contributed by atoms with Gasteiger partial charge in [0.15, 0.2) is 0 Å². The van der Waals surface area contributed by atoms with Gasteiger partial charge in [0.25, 0.3) is 0 Å². The highest BCUT2D eigenvalue weighted by Gasteiger charge is 1.90. The summed E-state index contributed by atoms with van der Waals surface area (Å²) in [6.07, 6.45) is 11.6. The van der Waals surface area contributed by atoms with Crippen molar-refractivity contribution >= 4 is 35.2 Å². The average molecular weight is 216 g/mol. The Hall–Kier alpha value is 0.180. The van der Waals surface area contributed by atoms with Crippen molar-refractivity contribution in [1.82, 2.24) is 0 Å². The summed E-state index contributed by atoms with van der Waals surface area (Å²) in [4.78, 5) is 0. The Morgan fingerprint density at radius 2 is 0.846 bits per heavy atom. The van der Waals surface area contributed by atoms with Gasteiger partial charge in [-0.2, -0.15) is 0 Å². The minimum Gasteiger partial charge on any atom is -0.0935 e. The first kappa shape index (κ1) is 13.2. The van der Waals surface area contributed by atoms with Gasteiger partial charge in [0.05, 0.1) is 0 Å². The Kier molecular flexibility index (Phi) is 12.3. The molecule has 0 aromatic heterocycles. The zero-order valence-corrected chi connectivity index (χ0v) is 9.97. The summed E-state index contributed by atoms with van der Waals surface area (Å²) in [6, 6.07) is 0. The third kappa shape index (κ3) is 12.2. The van der Waals surface area contributed by atoms with Crippen LogP contribution in [0.2, 0.25) is 0 Å². The third-order valence-corrected chi connectivity index (χ3v) is 2.62. The van der Waals surface area contributed by atoms with Crippen LogP contribution in [0.1, 0.15) is 57.8 Å². The van der Waals surface area contributed by atoms with Crippen LogP contribution in [0.5, 0.6) is 0 Å². The summed E-state index contributed by atoms with van der Waals surface area (Å²) in [7, 11) is 0. The van der Waals surface area contributed by atoms with Gasteiger partial charge in [-0.1, -0.05) is 56.5 Å². The Balaban J connectivity index is 2.83. The van der Waals surface area contributed by atoms with Crippen LogP contribution in [0.3, 0.4) is 0 Å². The fraction of sp³-hybridized carbons (Fsp3) is 0.818. The van der Waals surface area contributed by atoms with E-state index in [1.165, 1.54) is 44.9 Å². The Labute approximate surface area is 93.1 Å². The van der Waals surface area contributed by atoms with E-state index in [1.54, 1.807) is 0 Å². The maximum Gasteiger partial charge on any atom is -0.0210 e. The molecular weight excluding hydrogens is 196 g/mol. The molecule has 0 spiro atoms. The molecule has 0 rings (SSSR count). The van der Waals surface area contributed by atoms with Crippen molar-refractivity contribution in [1.29, 1.82) is 0 Å². The summed E-state index contributed by atoms with van der Waals surface area (Å²) < 4.78 is 0. The second-order valence-electron chi connectivity index (χ2n) is 3.39. The lowest BCUT2D eigenvalue weighted by Gasteiger charge is -1.99. The van der Waals surface area contributed by atoms with Gasteiger partial charge < -0.3 is 0 Å². The van der Waals surface area contributed by atoms with Crippen molar-refractivity contribution in [3.05, 3.63) is 0 Å². The fourth-order valence-electron chi connectivity index (χ4n) is 1.34. The minimum absolute atomic E-state index is 1.11. The molecule has 0 atom stereocenters. The van der Waals surface area contributed by atoms with E-state index in [2.05, 4.69) is 0 Å². The van der Waals surface area contributed by atoms with E-state index < -0.39 is 0 Å². The summed E-state index contributed by atoms with van der Waals surface area (Å²) in [5.74, 6) is 0. The van der Waals surface area contributed by atoms with E-state index in [-0.39, 0.29) is 0 Å². The van der Waals surface area contributed by atoms with Crippen molar-refractivity contribution < 1.29 is 0 Å². The highest BCUT2D eigenvalue weighted by molar-refractivity contribution is 7.79. The van der Waals surface area contributed by atoms with E-state index >= 15 is 0 Å². The topological polar surface area (TPSA) is 0 Å². The molecule has 13 heavy (non-hydrogen) atoms. The number of hydrogen-bond acceptors (Lipinski definition) is 2. The Bertz CT molecular complexity index is 107. The maximum absolute atomic E-state index is 4.76. The van der Waals surface area contributed by atoms with Crippen molar-refractivity contribution in [3.63, 3.8) is 0 Å². The summed E-state index contributed by atoms with van der Waals surface area (Å²) in [5.41, 5.74) is 0. The molecule has 0 saturated carbocycles. The van der Waals surface area contributed by atoms with Crippen LogP contribution < -0.4 is 0 Å². The molecular formula is C11H20S2. The van der Waals surface area contributed by atoms with Crippen LogP contribution in [-0.2, 0) is 0 Å². The molecule has 0 radical (unpaired) electrons. The molecule has 0 amide bonds. The Morgan fingerprint density at radius 1 is 0.538 bits per heavy atom. The lowest BCUT2D eigenvalue weighted by atomic mass is 10.1. The van der Waals surface area contributed by atoms with Gasteiger partial charge in [-0.25, -0.2) is 0 Å². The van der Waals surface area contributed by atoms with E-state index in [0.717, 1.165) is 12.8 Å². The standard InChI is InChI=1S/C11H20S2/c12-10-8-6-4-2-1-3-5-7-9-11-13/h10-11H,1-9H2.